The summed E-state index contributed by atoms with van der Waals surface area (Å²) in [5.74, 6) is -1.40. The van der Waals surface area contributed by atoms with Gasteiger partial charge in [-0.2, -0.15) is 0 Å². The van der Waals surface area contributed by atoms with Gasteiger partial charge in [-0.3, -0.25) is 24.6 Å². The highest BCUT2D eigenvalue weighted by molar-refractivity contribution is 6.21. The Morgan fingerprint density at radius 1 is 0.730 bits per heavy atom. The summed E-state index contributed by atoms with van der Waals surface area (Å²) in [6.45, 7) is -0.169. The highest BCUT2D eigenvalue weighted by Gasteiger charge is 2.48. The first kappa shape index (κ1) is 22.9. The van der Waals surface area contributed by atoms with Crippen molar-refractivity contribution in [2.75, 3.05) is 13.7 Å². The Morgan fingerprint density at radius 3 is 1.70 bits per heavy atom. The number of amides is 2. The van der Waals surface area contributed by atoms with Crippen LogP contribution >= 0.6 is 0 Å². The van der Waals surface area contributed by atoms with Crippen molar-refractivity contribution in [2.45, 2.75) is 11.6 Å². The molecule has 0 fully saturated rings. The predicted octanol–water partition coefficient (Wildman–Crippen LogP) is 4.39. The van der Waals surface area contributed by atoms with E-state index in [0.29, 0.717) is 11.1 Å². The zero-order chi connectivity index (χ0) is 25.6. The van der Waals surface area contributed by atoms with Gasteiger partial charge in [0, 0.05) is 0 Å². The molecular weight excluding hydrogens is 464 g/mol. The molecular formula is C31H24N2O4. The van der Waals surface area contributed by atoms with Gasteiger partial charge in [0.05, 0.1) is 30.3 Å². The summed E-state index contributed by atoms with van der Waals surface area (Å²) in [6, 6.07) is 31.8. The lowest BCUT2D eigenvalue weighted by Gasteiger charge is -2.37. The Hall–Kier alpha value is -4.55. The minimum absolute atomic E-state index is 0.169. The molecule has 4 aromatic rings. The van der Waals surface area contributed by atoms with Crippen LogP contribution in [0, 0.1) is 0 Å². The maximum absolute atomic E-state index is 13.2. The second-order valence-electron chi connectivity index (χ2n) is 9.19. The van der Waals surface area contributed by atoms with Gasteiger partial charge < -0.3 is 4.74 Å². The number of esters is 1. The van der Waals surface area contributed by atoms with E-state index in [9.17, 15) is 14.4 Å². The lowest BCUT2D eigenvalue weighted by atomic mass is 9.80. The summed E-state index contributed by atoms with van der Waals surface area (Å²) in [7, 11) is 1.31. The van der Waals surface area contributed by atoms with Crippen LogP contribution in [0.25, 0.3) is 11.1 Å². The molecule has 0 radical (unpaired) electrons. The molecule has 2 aliphatic rings. The second-order valence-corrected chi connectivity index (χ2v) is 9.19. The normalized spacial score (nSPS) is 15.6. The standard InChI is InChI=1S/C31H24N2O4/c1-37-30(36)27(19-33-28(34)23-15-5-6-16-24(23)29(33)35)32-31(20-11-3-2-4-12-20)25-17-9-7-13-21(25)22-14-8-10-18-26(22)31/h2-18,27,32H,19H2,1H3/t27-/m0/s1. The van der Waals surface area contributed by atoms with Crippen molar-refractivity contribution < 1.29 is 19.1 Å². The molecule has 1 aliphatic carbocycles. The molecule has 1 heterocycles. The lowest BCUT2D eigenvalue weighted by molar-refractivity contribution is -0.143. The molecule has 6 heteroatoms. The van der Waals surface area contributed by atoms with Crippen LogP contribution in [0.1, 0.15) is 37.4 Å². The van der Waals surface area contributed by atoms with Crippen molar-refractivity contribution in [2.24, 2.45) is 0 Å². The molecule has 1 N–H and O–H groups in total. The van der Waals surface area contributed by atoms with Crippen LogP contribution in [0.5, 0.6) is 0 Å². The fourth-order valence-electron chi connectivity index (χ4n) is 5.64. The Kier molecular flexibility index (Phi) is 5.46. The third kappa shape index (κ3) is 3.41. The minimum Gasteiger partial charge on any atom is -0.468 e. The van der Waals surface area contributed by atoms with E-state index in [1.807, 2.05) is 66.7 Å². The average molecular weight is 489 g/mol. The molecule has 0 saturated heterocycles. The number of ether oxygens (including phenoxy) is 1. The number of carbonyl (C=O) groups is 3. The number of hydrogen-bond acceptors (Lipinski definition) is 5. The lowest BCUT2D eigenvalue weighted by Crippen LogP contribution is -2.56. The van der Waals surface area contributed by atoms with Crippen molar-refractivity contribution in [1.82, 2.24) is 10.2 Å². The monoisotopic (exact) mass is 488 g/mol. The third-order valence-corrected chi connectivity index (χ3v) is 7.28. The number of fused-ring (bicyclic) bond motifs is 4. The van der Waals surface area contributed by atoms with Gasteiger partial charge in [-0.15, -0.1) is 0 Å². The fourth-order valence-corrected chi connectivity index (χ4v) is 5.64. The van der Waals surface area contributed by atoms with E-state index in [1.54, 1.807) is 24.3 Å². The SMILES string of the molecule is COC(=O)[C@H](CN1C(=O)c2ccccc2C1=O)NC1(c2ccccc2)c2ccccc2-c2ccccc21. The molecule has 0 unspecified atom stereocenters. The summed E-state index contributed by atoms with van der Waals surface area (Å²) >= 11 is 0. The number of nitrogens with one attached hydrogen (secondary N) is 1. The predicted molar refractivity (Wildman–Crippen MR) is 139 cm³/mol. The van der Waals surface area contributed by atoms with E-state index < -0.39 is 29.4 Å². The van der Waals surface area contributed by atoms with Gasteiger partial charge >= 0.3 is 5.97 Å². The van der Waals surface area contributed by atoms with Crippen LogP contribution in [0.4, 0.5) is 0 Å². The van der Waals surface area contributed by atoms with Crippen molar-refractivity contribution in [3.8, 4) is 11.1 Å². The molecule has 182 valence electrons. The molecule has 6 rings (SSSR count). The van der Waals surface area contributed by atoms with Crippen LogP contribution < -0.4 is 5.32 Å². The van der Waals surface area contributed by atoms with Crippen LogP contribution in [-0.4, -0.2) is 42.4 Å². The van der Waals surface area contributed by atoms with Crippen molar-refractivity contribution >= 4 is 17.8 Å². The number of imide groups is 1. The fraction of sp³-hybridized carbons (Fsp3) is 0.129. The Balaban J connectivity index is 1.49. The molecule has 0 aromatic heterocycles. The molecule has 0 bridgehead atoms. The smallest absolute Gasteiger partial charge is 0.324 e. The summed E-state index contributed by atoms with van der Waals surface area (Å²) in [5.41, 5.74) is 4.78. The van der Waals surface area contributed by atoms with Crippen LogP contribution in [0.2, 0.25) is 0 Å². The topological polar surface area (TPSA) is 75.7 Å². The summed E-state index contributed by atoms with van der Waals surface area (Å²) in [6.07, 6.45) is 0. The van der Waals surface area contributed by atoms with Crippen LogP contribution in [-0.2, 0) is 15.1 Å². The molecule has 37 heavy (non-hydrogen) atoms. The molecule has 6 nitrogen and oxygen atoms in total. The minimum atomic E-state index is -0.994. The van der Waals surface area contributed by atoms with Gasteiger partial charge in [-0.05, 0) is 39.9 Å². The maximum Gasteiger partial charge on any atom is 0.324 e. The summed E-state index contributed by atoms with van der Waals surface area (Å²) in [5, 5.41) is 3.58. The molecule has 1 aliphatic heterocycles. The number of carbonyl (C=O) groups excluding carboxylic acids is 3. The van der Waals surface area contributed by atoms with E-state index in [0.717, 1.165) is 32.7 Å². The summed E-state index contributed by atoms with van der Waals surface area (Å²) < 4.78 is 5.19. The molecule has 1 atom stereocenters. The van der Waals surface area contributed by atoms with Crippen molar-refractivity contribution in [1.29, 1.82) is 0 Å². The van der Waals surface area contributed by atoms with E-state index in [2.05, 4.69) is 17.4 Å². The number of rotatable bonds is 6. The van der Waals surface area contributed by atoms with E-state index >= 15 is 0 Å². The molecule has 0 spiro atoms. The zero-order valence-corrected chi connectivity index (χ0v) is 20.2. The van der Waals surface area contributed by atoms with Gasteiger partial charge in [-0.25, -0.2) is 0 Å². The highest BCUT2D eigenvalue weighted by atomic mass is 16.5. The number of nitrogens with zero attached hydrogens (tertiary/aromatic N) is 1. The average Bonchev–Trinajstić information content (AvgIpc) is 3.38. The molecule has 0 saturated carbocycles. The van der Waals surface area contributed by atoms with E-state index in [4.69, 9.17) is 4.74 Å². The van der Waals surface area contributed by atoms with E-state index in [-0.39, 0.29) is 6.54 Å². The van der Waals surface area contributed by atoms with Gasteiger partial charge in [0.15, 0.2) is 0 Å². The molecule has 4 aromatic carbocycles. The Morgan fingerprint density at radius 2 is 1.19 bits per heavy atom. The first-order chi connectivity index (χ1) is 18.1. The van der Waals surface area contributed by atoms with Crippen LogP contribution in [0.3, 0.4) is 0 Å². The van der Waals surface area contributed by atoms with Crippen LogP contribution in [0.15, 0.2) is 103 Å². The van der Waals surface area contributed by atoms with Gasteiger partial charge in [0.25, 0.3) is 11.8 Å². The van der Waals surface area contributed by atoms with Gasteiger partial charge in [0.2, 0.25) is 0 Å². The highest BCUT2D eigenvalue weighted by Crippen LogP contribution is 2.51. The van der Waals surface area contributed by atoms with Gasteiger partial charge in [0.1, 0.15) is 6.04 Å². The number of hydrogen-bond donors (Lipinski definition) is 1. The maximum atomic E-state index is 13.2. The quantitative estimate of drug-likeness (QED) is 0.322. The Labute approximate surface area is 214 Å². The summed E-state index contributed by atoms with van der Waals surface area (Å²) in [4.78, 5) is 40.7. The first-order valence-corrected chi connectivity index (χ1v) is 12.1. The first-order valence-electron chi connectivity index (χ1n) is 12.1. The van der Waals surface area contributed by atoms with Gasteiger partial charge in [-0.1, -0.05) is 91.0 Å². The second kappa shape index (κ2) is 8.84. The molecule has 2 amide bonds. The third-order valence-electron chi connectivity index (χ3n) is 7.28. The largest absolute Gasteiger partial charge is 0.468 e. The zero-order valence-electron chi connectivity index (χ0n) is 20.2. The number of methoxy groups -OCH3 is 1. The van der Waals surface area contributed by atoms with Crippen molar-refractivity contribution in [3.63, 3.8) is 0 Å². The number of benzene rings is 4. The Bertz CT molecular complexity index is 1470. The van der Waals surface area contributed by atoms with Crippen molar-refractivity contribution in [3.05, 3.63) is 131 Å². The van der Waals surface area contributed by atoms with E-state index in [1.165, 1.54) is 7.11 Å².